The average molecular weight is 206 g/mol. The predicted molar refractivity (Wildman–Crippen MR) is 57.6 cm³/mol. The highest BCUT2D eigenvalue weighted by molar-refractivity contribution is 7.08. The van der Waals surface area contributed by atoms with Crippen LogP contribution in [0.4, 0.5) is 0 Å². The topological polar surface area (TPSA) is 45.8 Å². The summed E-state index contributed by atoms with van der Waals surface area (Å²) in [7, 11) is 0. The summed E-state index contributed by atoms with van der Waals surface area (Å²) in [6, 6.07) is 1.90. The number of nitrogens with one attached hydrogen (secondary N) is 1. The van der Waals surface area contributed by atoms with Crippen LogP contribution in [-0.4, -0.2) is 9.97 Å². The molecule has 2 aromatic heterocycles. The summed E-state index contributed by atoms with van der Waals surface area (Å²) in [6.07, 6.45) is 0. The van der Waals surface area contributed by atoms with Crippen LogP contribution >= 0.6 is 11.3 Å². The zero-order chi connectivity index (χ0) is 10.1. The molecule has 0 aromatic carbocycles. The van der Waals surface area contributed by atoms with E-state index in [-0.39, 0.29) is 5.56 Å². The van der Waals surface area contributed by atoms with Crippen LogP contribution in [0.5, 0.6) is 0 Å². The number of rotatable bonds is 1. The van der Waals surface area contributed by atoms with Crippen LogP contribution in [0, 0.1) is 13.8 Å². The van der Waals surface area contributed by atoms with Crippen molar-refractivity contribution in [3.8, 4) is 11.3 Å². The Morgan fingerprint density at radius 3 is 2.86 bits per heavy atom. The van der Waals surface area contributed by atoms with Crippen molar-refractivity contribution >= 4 is 11.3 Å². The molecule has 0 bridgehead atoms. The molecule has 0 spiro atoms. The Kier molecular flexibility index (Phi) is 2.21. The van der Waals surface area contributed by atoms with Gasteiger partial charge in [-0.2, -0.15) is 11.3 Å². The molecule has 0 unspecified atom stereocenters. The minimum Gasteiger partial charge on any atom is -0.323 e. The minimum absolute atomic E-state index is 0.119. The molecule has 72 valence electrons. The van der Waals surface area contributed by atoms with Gasteiger partial charge in [-0.15, -0.1) is 0 Å². The summed E-state index contributed by atoms with van der Waals surface area (Å²) in [5, 5.41) is 3.86. The summed E-state index contributed by atoms with van der Waals surface area (Å²) >= 11 is 1.56. The average Bonchev–Trinajstić information content (AvgIpc) is 2.64. The first-order valence-electron chi connectivity index (χ1n) is 4.28. The second-order valence-corrected chi connectivity index (χ2v) is 3.92. The molecule has 0 aliphatic rings. The molecular weight excluding hydrogens is 196 g/mol. The van der Waals surface area contributed by atoms with Gasteiger partial charge in [0.15, 0.2) is 0 Å². The van der Waals surface area contributed by atoms with E-state index in [0.717, 1.165) is 17.0 Å². The number of aromatic nitrogens is 2. The summed E-state index contributed by atoms with van der Waals surface area (Å²) in [5.41, 5.74) is 2.97. The molecule has 2 aromatic rings. The van der Waals surface area contributed by atoms with Gasteiger partial charge in [-0.25, -0.2) is 4.98 Å². The van der Waals surface area contributed by atoms with Gasteiger partial charge in [0.05, 0.1) is 5.69 Å². The molecule has 0 fully saturated rings. The van der Waals surface area contributed by atoms with Crippen molar-refractivity contribution in [3.05, 3.63) is 38.6 Å². The number of nitrogens with zero attached hydrogens (tertiary/aromatic N) is 1. The Morgan fingerprint density at radius 2 is 2.21 bits per heavy atom. The number of H-pyrrole nitrogens is 1. The normalized spacial score (nSPS) is 10.4. The van der Waals surface area contributed by atoms with E-state index in [9.17, 15) is 4.79 Å². The van der Waals surface area contributed by atoms with E-state index >= 15 is 0 Å². The standard InChI is InChI=1S/C10H10N2OS/c1-6-7(2)12-10(13)9(11-6)8-3-4-14-5-8/h3-5H,1-2H3,(H,12,13). The van der Waals surface area contributed by atoms with E-state index in [1.54, 1.807) is 11.3 Å². The largest absolute Gasteiger partial charge is 0.323 e. The molecule has 0 atom stereocenters. The third-order valence-electron chi connectivity index (χ3n) is 2.13. The van der Waals surface area contributed by atoms with Crippen LogP contribution in [0.1, 0.15) is 11.4 Å². The number of aryl methyl sites for hydroxylation is 2. The van der Waals surface area contributed by atoms with Crippen molar-refractivity contribution in [2.45, 2.75) is 13.8 Å². The summed E-state index contributed by atoms with van der Waals surface area (Å²) in [5.74, 6) is 0. The van der Waals surface area contributed by atoms with Crippen molar-refractivity contribution in [3.63, 3.8) is 0 Å². The minimum atomic E-state index is -0.119. The summed E-state index contributed by atoms with van der Waals surface area (Å²) in [4.78, 5) is 18.6. The third-order valence-corrected chi connectivity index (χ3v) is 2.82. The van der Waals surface area contributed by atoms with Gasteiger partial charge in [-0.1, -0.05) is 0 Å². The van der Waals surface area contributed by atoms with Gasteiger partial charge in [-0.3, -0.25) is 4.79 Å². The highest BCUT2D eigenvalue weighted by atomic mass is 32.1. The van der Waals surface area contributed by atoms with Gasteiger partial charge < -0.3 is 4.98 Å². The van der Waals surface area contributed by atoms with Gasteiger partial charge in [-0.05, 0) is 25.3 Å². The lowest BCUT2D eigenvalue weighted by Gasteiger charge is -2.01. The monoisotopic (exact) mass is 206 g/mol. The van der Waals surface area contributed by atoms with E-state index in [2.05, 4.69) is 9.97 Å². The van der Waals surface area contributed by atoms with Gasteiger partial charge in [0.25, 0.3) is 5.56 Å². The first-order valence-corrected chi connectivity index (χ1v) is 5.23. The first-order chi connectivity index (χ1) is 6.68. The second kappa shape index (κ2) is 3.38. The van der Waals surface area contributed by atoms with Crippen LogP contribution in [-0.2, 0) is 0 Å². The van der Waals surface area contributed by atoms with E-state index in [4.69, 9.17) is 0 Å². The lowest BCUT2D eigenvalue weighted by atomic mass is 10.2. The molecule has 0 saturated heterocycles. The Balaban J connectivity index is 2.66. The third kappa shape index (κ3) is 1.48. The summed E-state index contributed by atoms with van der Waals surface area (Å²) < 4.78 is 0. The van der Waals surface area contributed by atoms with Crippen molar-refractivity contribution in [2.24, 2.45) is 0 Å². The van der Waals surface area contributed by atoms with Crippen LogP contribution in [0.25, 0.3) is 11.3 Å². The van der Waals surface area contributed by atoms with E-state index in [1.165, 1.54) is 0 Å². The molecule has 0 amide bonds. The fourth-order valence-corrected chi connectivity index (χ4v) is 1.86. The van der Waals surface area contributed by atoms with Crippen molar-refractivity contribution in [1.82, 2.24) is 9.97 Å². The van der Waals surface area contributed by atoms with Gasteiger partial charge in [0.1, 0.15) is 5.69 Å². The highest BCUT2D eigenvalue weighted by Crippen LogP contribution is 2.16. The van der Waals surface area contributed by atoms with E-state index in [1.807, 2.05) is 30.7 Å². The number of aromatic amines is 1. The molecule has 2 heterocycles. The Morgan fingerprint density at radius 1 is 1.43 bits per heavy atom. The zero-order valence-electron chi connectivity index (χ0n) is 8.00. The SMILES string of the molecule is Cc1nc(-c2ccsc2)c(=O)[nH]c1C. The van der Waals surface area contributed by atoms with Crippen LogP contribution in [0.15, 0.2) is 21.6 Å². The number of hydrogen-bond donors (Lipinski definition) is 1. The fourth-order valence-electron chi connectivity index (χ4n) is 1.22. The predicted octanol–water partition coefficient (Wildman–Crippen LogP) is 2.12. The molecule has 1 N–H and O–H groups in total. The first kappa shape index (κ1) is 9.15. The van der Waals surface area contributed by atoms with Crippen LogP contribution in [0.2, 0.25) is 0 Å². The molecule has 3 nitrogen and oxygen atoms in total. The molecule has 0 radical (unpaired) electrons. The van der Waals surface area contributed by atoms with E-state index < -0.39 is 0 Å². The molecule has 2 rings (SSSR count). The molecule has 0 aliphatic heterocycles. The Bertz CT molecular complexity index is 499. The Labute approximate surface area is 85.5 Å². The molecular formula is C10H10N2OS. The lowest BCUT2D eigenvalue weighted by Crippen LogP contribution is -2.13. The molecule has 0 aliphatic carbocycles. The van der Waals surface area contributed by atoms with Crippen molar-refractivity contribution < 1.29 is 0 Å². The van der Waals surface area contributed by atoms with Gasteiger partial charge >= 0.3 is 0 Å². The van der Waals surface area contributed by atoms with E-state index in [0.29, 0.717) is 5.69 Å². The lowest BCUT2D eigenvalue weighted by molar-refractivity contribution is 1.02. The molecule has 0 saturated carbocycles. The van der Waals surface area contributed by atoms with Crippen LogP contribution < -0.4 is 5.56 Å². The number of thiophene rings is 1. The fraction of sp³-hybridized carbons (Fsp3) is 0.200. The second-order valence-electron chi connectivity index (χ2n) is 3.14. The van der Waals surface area contributed by atoms with Gasteiger partial charge in [0, 0.05) is 16.6 Å². The maximum atomic E-state index is 11.6. The smallest absolute Gasteiger partial charge is 0.274 e. The quantitative estimate of drug-likeness (QED) is 0.776. The summed E-state index contributed by atoms with van der Waals surface area (Å²) in [6.45, 7) is 3.74. The zero-order valence-corrected chi connectivity index (χ0v) is 8.81. The number of hydrogen-bond acceptors (Lipinski definition) is 3. The molecule has 14 heavy (non-hydrogen) atoms. The maximum absolute atomic E-state index is 11.6. The Hall–Kier alpha value is -1.42. The maximum Gasteiger partial charge on any atom is 0.274 e. The van der Waals surface area contributed by atoms with Gasteiger partial charge in [0.2, 0.25) is 0 Å². The van der Waals surface area contributed by atoms with Crippen molar-refractivity contribution in [1.29, 1.82) is 0 Å². The van der Waals surface area contributed by atoms with Crippen LogP contribution in [0.3, 0.4) is 0 Å². The molecule has 4 heteroatoms. The highest BCUT2D eigenvalue weighted by Gasteiger charge is 2.07. The van der Waals surface area contributed by atoms with Crippen molar-refractivity contribution in [2.75, 3.05) is 0 Å².